The van der Waals surface area contributed by atoms with Crippen molar-refractivity contribution in [3.63, 3.8) is 0 Å². The Balaban J connectivity index is 1.95. The van der Waals surface area contributed by atoms with Gasteiger partial charge in [-0.15, -0.1) is 0 Å². The van der Waals surface area contributed by atoms with Crippen LogP contribution in [0.25, 0.3) is 0 Å². The molecule has 0 aromatic heterocycles. The van der Waals surface area contributed by atoms with E-state index >= 15 is 0 Å². The fourth-order valence-electron chi connectivity index (χ4n) is 2.48. The first kappa shape index (κ1) is 14.9. The van der Waals surface area contributed by atoms with Crippen molar-refractivity contribution in [2.75, 3.05) is 32.7 Å². The average Bonchev–Trinajstić information content (AvgIpc) is 2.34. The van der Waals surface area contributed by atoms with Gasteiger partial charge >= 0.3 is 0 Å². The molecule has 1 aliphatic heterocycles. The summed E-state index contributed by atoms with van der Waals surface area (Å²) in [5.74, 6) is 0. The Morgan fingerprint density at radius 1 is 0.941 bits per heavy atom. The molecule has 1 unspecified atom stereocenters. The summed E-state index contributed by atoms with van der Waals surface area (Å²) in [6.07, 6.45) is 8.00. The molecule has 17 heavy (non-hydrogen) atoms. The molecule has 0 spiro atoms. The predicted octanol–water partition coefficient (Wildman–Crippen LogP) is 2.30. The molecule has 0 aromatic carbocycles. The second-order valence-electron chi connectivity index (χ2n) is 5.28. The van der Waals surface area contributed by atoms with Gasteiger partial charge in [0.05, 0.1) is 0 Å². The third-order valence-electron chi connectivity index (χ3n) is 3.76. The van der Waals surface area contributed by atoms with E-state index in [0.29, 0.717) is 0 Å². The van der Waals surface area contributed by atoms with Gasteiger partial charge in [0, 0.05) is 26.2 Å². The molecule has 1 aliphatic rings. The number of piperazine rings is 1. The zero-order valence-electron chi connectivity index (χ0n) is 11.7. The lowest BCUT2D eigenvalue weighted by atomic mass is 10.1. The quantitative estimate of drug-likeness (QED) is 0.662. The Morgan fingerprint density at radius 2 is 1.53 bits per heavy atom. The highest BCUT2D eigenvalue weighted by Gasteiger charge is 2.18. The summed E-state index contributed by atoms with van der Waals surface area (Å²) in [4.78, 5) is 4.69. The fourth-order valence-corrected chi connectivity index (χ4v) is 2.48. The van der Waals surface area contributed by atoms with E-state index in [-0.39, 0.29) is 6.23 Å². The van der Waals surface area contributed by atoms with Crippen LogP contribution in [0.1, 0.15) is 52.4 Å². The third kappa shape index (κ3) is 6.39. The van der Waals surface area contributed by atoms with Crippen LogP contribution >= 0.6 is 0 Å². The maximum Gasteiger partial charge on any atom is 0.104 e. The number of aliphatic hydroxyl groups excluding tert-OH is 1. The van der Waals surface area contributed by atoms with Crippen molar-refractivity contribution in [3.05, 3.63) is 0 Å². The average molecular weight is 242 g/mol. The number of hydrogen-bond acceptors (Lipinski definition) is 3. The summed E-state index contributed by atoms with van der Waals surface area (Å²) in [6.45, 7) is 9.67. The molecule has 0 bridgehead atoms. The van der Waals surface area contributed by atoms with Gasteiger partial charge in [0.15, 0.2) is 0 Å². The topological polar surface area (TPSA) is 26.7 Å². The minimum Gasteiger partial charge on any atom is -0.379 e. The van der Waals surface area contributed by atoms with Gasteiger partial charge in [-0.1, -0.05) is 39.0 Å². The van der Waals surface area contributed by atoms with Crippen LogP contribution < -0.4 is 0 Å². The summed E-state index contributed by atoms with van der Waals surface area (Å²) in [5, 5.41) is 9.47. The number of nitrogens with zero attached hydrogens (tertiary/aromatic N) is 2. The Bertz CT molecular complexity index is 177. The van der Waals surface area contributed by atoms with E-state index in [1.807, 2.05) is 6.92 Å². The molecule has 3 nitrogen and oxygen atoms in total. The van der Waals surface area contributed by atoms with E-state index < -0.39 is 0 Å². The molecule has 1 rings (SSSR count). The summed E-state index contributed by atoms with van der Waals surface area (Å²) < 4.78 is 0. The lowest BCUT2D eigenvalue weighted by Gasteiger charge is -2.36. The zero-order chi connectivity index (χ0) is 12.5. The molecule has 102 valence electrons. The molecule has 0 aromatic rings. The van der Waals surface area contributed by atoms with Crippen LogP contribution in [0.3, 0.4) is 0 Å². The monoisotopic (exact) mass is 242 g/mol. The number of unbranched alkanes of at least 4 members (excludes halogenated alkanes) is 5. The Labute approximate surface area is 107 Å². The molecule has 0 aliphatic carbocycles. The number of rotatable bonds is 8. The van der Waals surface area contributed by atoms with Crippen molar-refractivity contribution in [2.45, 2.75) is 58.6 Å². The van der Waals surface area contributed by atoms with Crippen molar-refractivity contribution in [2.24, 2.45) is 0 Å². The molecule has 3 heteroatoms. The number of hydrogen-bond donors (Lipinski definition) is 1. The Kier molecular flexibility index (Phi) is 7.82. The molecular weight excluding hydrogens is 212 g/mol. The van der Waals surface area contributed by atoms with Gasteiger partial charge < -0.3 is 10.0 Å². The molecule has 1 saturated heterocycles. The molecule has 1 atom stereocenters. The molecule has 0 radical (unpaired) electrons. The van der Waals surface area contributed by atoms with Crippen LogP contribution in [0.2, 0.25) is 0 Å². The van der Waals surface area contributed by atoms with E-state index in [4.69, 9.17) is 0 Å². The minimum atomic E-state index is -0.272. The highest BCUT2D eigenvalue weighted by Crippen LogP contribution is 2.08. The van der Waals surface area contributed by atoms with E-state index in [1.54, 1.807) is 0 Å². The normalized spacial score (nSPS) is 20.6. The summed E-state index contributed by atoms with van der Waals surface area (Å²) in [5.41, 5.74) is 0. The van der Waals surface area contributed by atoms with Gasteiger partial charge in [-0.3, -0.25) is 4.90 Å². The molecule has 1 fully saturated rings. The zero-order valence-corrected chi connectivity index (χ0v) is 11.7. The Morgan fingerprint density at radius 3 is 2.12 bits per heavy atom. The van der Waals surface area contributed by atoms with Gasteiger partial charge in [-0.05, 0) is 19.9 Å². The highest BCUT2D eigenvalue weighted by atomic mass is 16.3. The van der Waals surface area contributed by atoms with Crippen LogP contribution in [0.15, 0.2) is 0 Å². The van der Waals surface area contributed by atoms with Crippen LogP contribution in [0.4, 0.5) is 0 Å². The standard InChI is InChI=1S/C14H30N2O/c1-3-4-5-6-7-8-9-15-10-12-16(13-11-15)14(2)17/h14,17H,3-13H2,1-2H3. The van der Waals surface area contributed by atoms with Crippen molar-refractivity contribution in [1.29, 1.82) is 0 Å². The first-order valence-electron chi connectivity index (χ1n) is 7.38. The van der Waals surface area contributed by atoms with Gasteiger partial charge in [0.1, 0.15) is 6.23 Å². The van der Waals surface area contributed by atoms with Gasteiger partial charge in [0.25, 0.3) is 0 Å². The van der Waals surface area contributed by atoms with Crippen LogP contribution in [0, 0.1) is 0 Å². The van der Waals surface area contributed by atoms with Gasteiger partial charge in [-0.2, -0.15) is 0 Å². The SMILES string of the molecule is CCCCCCCCN1CCN(C(C)O)CC1. The lowest BCUT2D eigenvalue weighted by molar-refractivity contribution is -0.0129. The van der Waals surface area contributed by atoms with E-state index in [2.05, 4.69) is 16.7 Å². The molecule has 1 N–H and O–H groups in total. The van der Waals surface area contributed by atoms with E-state index in [9.17, 15) is 5.11 Å². The predicted molar refractivity (Wildman–Crippen MR) is 73.1 cm³/mol. The maximum atomic E-state index is 9.47. The largest absolute Gasteiger partial charge is 0.379 e. The van der Waals surface area contributed by atoms with Gasteiger partial charge in [0.2, 0.25) is 0 Å². The van der Waals surface area contributed by atoms with E-state index in [1.165, 1.54) is 45.1 Å². The third-order valence-corrected chi connectivity index (χ3v) is 3.76. The van der Waals surface area contributed by atoms with E-state index in [0.717, 1.165) is 26.2 Å². The first-order chi connectivity index (χ1) is 8.24. The summed E-state index contributed by atoms with van der Waals surface area (Å²) in [6, 6.07) is 0. The molecule has 0 amide bonds. The maximum absolute atomic E-state index is 9.47. The number of aliphatic hydroxyl groups is 1. The molecule has 0 saturated carbocycles. The van der Waals surface area contributed by atoms with Crippen LogP contribution in [-0.2, 0) is 0 Å². The Hall–Kier alpha value is -0.120. The molecular formula is C14H30N2O. The molecule has 1 heterocycles. The smallest absolute Gasteiger partial charge is 0.104 e. The summed E-state index contributed by atoms with van der Waals surface area (Å²) in [7, 11) is 0. The van der Waals surface area contributed by atoms with Crippen molar-refractivity contribution in [3.8, 4) is 0 Å². The minimum absolute atomic E-state index is 0.272. The highest BCUT2D eigenvalue weighted by molar-refractivity contribution is 4.72. The van der Waals surface area contributed by atoms with Gasteiger partial charge in [-0.25, -0.2) is 0 Å². The van der Waals surface area contributed by atoms with Crippen molar-refractivity contribution in [1.82, 2.24) is 9.80 Å². The summed E-state index contributed by atoms with van der Waals surface area (Å²) >= 11 is 0. The fraction of sp³-hybridized carbons (Fsp3) is 1.00. The van der Waals surface area contributed by atoms with Crippen molar-refractivity contribution >= 4 is 0 Å². The van der Waals surface area contributed by atoms with Crippen molar-refractivity contribution < 1.29 is 5.11 Å². The van der Waals surface area contributed by atoms with Crippen LogP contribution in [-0.4, -0.2) is 53.9 Å². The second kappa shape index (κ2) is 8.90. The lowest BCUT2D eigenvalue weighted by Crippen LogP contribution is -2.49. The second-order valence-corrected chi connectivity index (χ2v) is 5.28. The van der Waals surface area contributed by atoms with Crippen LogP contribution in [0.5, 0.6) is 0 Å². The first-order valence-corrected chi connectivity index (χ1v) is 7.38.